The molecule has 0 unspecified atom stereocenters. The second-order valence-corrected chi connectivity index (χ2v) is 8.18. The maximum Gasteiger partial charge on any atom is 0.0383 e. The fraction of sp³-hybridized carbons (Fsp3) is 0.684. The highest BCUT2D eigenvalue weighted by Crippen LogP contribution is 2.46. The monoisotopic (exact) mass is 273 g/mol. The molecule has 0 aromatic heterocycles. The van der Waals surface area contributed by atoms with Crippen molar-refractivity contribution >= 4 is 5.69 Å². The first kappa shape index (κ1) is 15.4. The number of aryl methyl sites for hydroxylation is 1. The lowest BCUT2D eigenvalue weighted by Crippen LogP contribution is -2.40. The highest BCUT2D eigenvalue weighted by Gasteiger charge is 2.38. The molecule has 0 saturated heterocycles. The van der Waals surface area contributed by atoms with Crippen molar-refractivity contribution in [2.75, 3.05) is 5.32 Å². The van der Waals surface area contributed by atoms with E-state index in [2.05, 4.69) is 65.1 Å². The van der Waals surface area contributed by atoms with Gasteiger partial charge in [0.05, 0.1) is 0 Å². The molecule has 1 aliphatic rings. The van der Waals surface area contributed by atoms with E-state index in [0.29, 0.717) is 16.9 Å². The van der Waals surface area contributed by atoms with Gasteiger partial charge in [-0.1, -0.05) is 53.2 Å². The molecule has 1 heteroatoms. The van der Waals surface area contributed by atoms with Crippen molar-refractivity contribution in [1.29, 1.82) is 0 Å². The largest absolute Gasteiger partial charge is 0.382 e. The Hall–Kier alpha value is -0.980. The summed E-state index contributed by atoms with van der Waals surface area (Å²) in [6.07, 6.45) is 5.03. The molecule has 1 nitrogen and oxygen atoms in total. The van der Waals surface area contributed by atoms with E-state index >= 15 is 0 Å². The molecule has 2 atom stereocenters. The topological polar surface area (TPSA) is 12.0 Å². The number of rotatable bonds is 3. The van der Waals surface area contributed by atoms with E-state index < -0.39 is 0 Å². The SMILES string of the molecule is CCC[C@H]1C[C@](C)(CC(C)(C)C)c2ccc(C)cc2N1. The van der Waals surface area contributed by atoms with Gasteiger partial charge in [-0.25, -0.2) is 0 Å². The van der Waals surface area contributed by atoms with E-state index in [9.17, 15) is 0 Å². The molecule has 112 valence electrons. The Kier molecular flexibility index (Phi) is 4.18. The first-order chi connectivity index (χ1) is 9.23. The molecule has 2 rings (SSSR count). The molecule has 0 amide bonds. The zero-order valence-electron chi connectivity index (χ0n) is 14.1. The highest BCUT2D eigenvalue weighted by atomic mass is 14.9. The lowest BCUT2D eigenvalue weighted by atomic mass is 9.65. The third kappa shape index (κ3) is 3.37. The van der Waals surface area contributed by atoms with Crippen LogP contribution in [0.4, 0.5) is 5.69 Å². The van der Waals surface area contributed by atoms with E-state index in [4.69, 9.17) is 0 Å². The van der Waals surface area contributed by atoms with Gasteiger partial charge in [0.2, 0.25) is 0 Å². The van der Waals surface area contributed by atoms with Gasteiger partial charge in [-0.05, 0) is 54.2 Å². The Morgan fingerprint density at radius 1 is 1.30 bits per heavy atom. The molecule has 0 saturated carbocycles. The van der Waals surface area contributed by atoms with Crippen LogP contribution in [0.1, 0.15) is 71.4 Å². The summed E-state index contributed by atoms with van der Waals surface area (Å²) in [5.74, 6) is 0. The van der Waals surface area contributed by atoms with E-state index in [0.717, 1.165) is 0 Å². The molecule has 0 spiro atoms. The van der Waals surface area contributed by atoms with Gasteiger partial charge in [0.1, 0.15) is 0 Å². The lowest BCUT2D eigenvalue weighted by Gasteiger charge is -2.44. The standard InChI is InChI=1S/C19H31N/c1-7-8-15-12-19(6,13-18(3,4)5)16-10-9-14(2)11-17(16)20-15/h9-11,15,20H,7-8,12-13H2,1-6H3/t15-,19+/m0/s1. The molecule has 1 aromatic carbocycles. The molecule has 0 aliphatic carbocycles. The Morgan fingerprint density at radius 2 is 2.00 bits per heavy atom. The number of anilines is 1. The van der Waals surface area contributed by atoms with Crippen LogP contribution in [-0.2, 0) is 5.41 Å². The van der Waals surface area contributed by atoms with Gasteiger partial charge < -0.3 is 5.32 Å². The van der Waals surface area contributed by atoms with Gasteiger partial charge in [-0.15, -0.1) is 0 Å². The smallest absolute Gasteiger partial charge is 0.0383 e. The van der Waals surface area contributed by atoms with Crippen molar-refractivity contribution in [3.8, 4) is 0 Å². The Morgan fingerprint density at radius 3 is 2.60 bits per heavy atom. The maximum atomic E-state index is 3.78. The fourth-order valence-corrected chi connectivity index (χ4v) is 4.09. The molecule has 1 N–H and O–H groups in total. The third-order valence-corrected chi connectivity index (χ3v) is 4.44. The van der Waals surface area contributed by atoms with Crippen LogP contribution in [0.5, 0.6) is 0 Å². The minimum Gasteiger partial charge on any atom is -0.382 e. The summed E-state index contributed by atoms with van der Waals surface area (Å²) in [5.41, 5.74) is 4.91. The summed E-state index contributed by atoms with van der Waals surface area (Å²) in [6.45, 7) is 14.0. The van der Waals surface area contributed by atoms with E-state index in [-0.39, 0.29) is 0 Å². The Labute approximate surface area is 125 Å². The molecule has 1 aliphatic heterocycles. The fourth-order valence-electron chi connectivity index (χ4n) is 4.09. The van der Waals surface area contributed by atoms with Crippen LogP contribution in [0.2, 0.25) is 0 Å². The van der Waals surface area contributed by atoms with Crippen molar-refractivity contribution in [2.24, 2.45) is 5.41 Å². The number of hydrogen-bond donors (Lipinski definition) is 1. The summed E-state index contributed by atoms with van der Waals surface area (Å²) >= 11 is 0. The summed E-state index contributed by atoms with van der Waals surface area (Å²) in [7, 11) is 0. The van der Waals surface area contributed by atoms with Crippen LogP contribution < -0.4 is 5.32 Å². The zero-order chi connectivity index (χ0) is 15.0. The summed E-state index contributed by atoms with van der Waals surface area (Å²) < 4.78 is 0. The molecular weight excluding hydrogens is 242 g/mol. The van der Waals surface area contributed by atoms with Gasteiger partial charge in [0, 0.05) is 11.7 Å². The van der Waals surface area contributed by atoms with Crippen LogP contribution in [0.15, 0.2) is 18.2 Å². The second kappa shape index (κ2) is 5.42. The van der Waals surface area contributed by atoms with Crippen LogP contribution in [-0.4, -0.2) is 6.04 Å². The number of nitrogens with one attached hydrogen (secondary N) is 1. The quantitative estimate of drug-likeness (QED) is 0.747. The predicted molar refractivity (Wildman–Crippen MR) is 89.5 cm³/mol. The summed E-state index contributed by atoms with van der Waals surface area (Å²) in [6, 6.07) is 7.58. The molecule has 1 heterocycles. The zero-order valence-corrected chi connectivity index (χ0v) is 14.1. The molecule has 20 heavy (non-hydrogen) atoms. The van der Waals surface area contributed by atoms with Crippen molar-refractivity contribution in [1.82, 2.24) is 0 Å². The highest BCUT2D eigenvalue weighted by molar-refractivity contribution is 5.59. The molecule has 0 fully saturated rings. The van der Waals surface area contributed by atoms with Crippen LogP contribution >= 0.6 is 0 Å². The van der Waals surface area contributed by atoms with Crippen molar-refractivity contribution in [3.05, 3.63) is 29.3 Å². The van der Waals surface area contributed by atoms with Gasteiger partial charge in [-0.2, -0.15) is 0 Å². The summed E-state index contributed by atoms with van der Waals surface area (Å²) in [4.78, 5) is 0. The minimum absolute atomic E-state index is 0.298. The third-order valence-electron chi connectivity index (χ3n) is 4.44. The van der Waals surface area contributed by atoms with Gasteiger partial charge in [0.15, 0.2) is 0 Å². The lowest BCUT2D eigenvalue weighted by molar-refractivity contribution is 0.239. The van der Waals surface area contributed by atoms with Crippen LogP contribution in [0, 0.1) is 12.3 Å². The predicted octanol–water partition coefficient (Wildman–Crippen LogP) is 5.67. The second-order valence-electron chi connectivity index (χ2n) is 8.18. The first-order valence-corrected chi connectivity index (χ1v) is 8.11. The first-order valence-electron chi connectivity index (χ1n) is 8.11. The van der Waals surface area contributed by atoms with E-state index in [1.165, 1.54) is 42.5 Å². The Balaban J connectivity index is 2.40. The van der Waals surface area contributed by atoms with Crippen molar-refractivity contribution in [2.45, 2.75) is 78.7 Å². The average Bonchev–Trinajstić information content (AvgIpc) is 2.25. The maximum absolute atomic E-state index is 3.78. The van der Waals surface area contributed by atoms with Gasteiger partial charge >= 0.3 is 0 Å². The molecular formula is C19H31N. The number of fused-ring (bicyclic) bond motifs is 1. The number of benzene rings is 1. The van der Waals surface area contributed by atoms with E-state index in [1.54, 1.807) is 0 Å². The van der Waals surface area contributed by atoms with E-state index in [1.807, 2.05) is 0 Å². The van der Waals surface area contributed by atoms with Crippen LogP contribution in [0.3, 0.4) is 0 Å². The minimum atomic E-state index is 0.298. The summed E-state index contributed by atoms with van der Waals surface area (Å²) in [5, 5.41) is 3.78. The van der Waals surface area contributed by atoms with Gasteiger partial charge in [0.25, 0.3) is 0 Å². The Bertz CT molecular complexity index is 469. The van der Waals surface area contributed by atoms with Crippen LogP contribution in [0.25, 0.3) is 0 Å². The molecule has 0 bridgehead atoms. The number of hydrogen-bond acceptors (Lipinski definition) is 1. The van der Waals surface area contributed by atoms with Crippen molar-refractivity contribution < 1.29 is 0 Å². The molecule has 0 radical (unpaired) electrons. The van der Waals surface area contributed by atoms with Gasteiger partial charge in [-0.3, -0.25) is 0 Å². The average molecular weight is 273 g/mol. The normalized spacial score (nSPS) is 26.0. The van der Waals surface area contributed by atoms with Crippen molar-refractivity contribution in [3.63, 3.8) is 0 Å². The molecule has 1 aromatic rings.